The quantitative estimate of drug-likeness (QED) is 0.370. The normalized spacial score (nSPS) is 19.5. The number of carboxylic acid groups (broad SMARTS) is 1. The predicted octanol–water partition coefficient (Wildman–Crippen LogP) is 4.70. The molecule has 0 spiro atoms. The molecule has 3 aromatic rings. The zero-order chi connectivity index (χ0) is 27.2. The molecule has 0 amide bonds. The highest BCUT2D eigenvalue weighted by atomic mass is 32.2. The molecule has 1 fully saturated rings. The van der Waals surface area contributed by atoms with Gasteiger partial charge in [0.25, 0.3) is 0 Å². The Hall–Kier alpha value is -3.53. The molecule has 5 rings (SSSR count). The van der Waals surface area contributed by atoms with Gasteiger partial charge < -0.3 is 14.6 Å². The van der Waals surface area contributed by atoms with Gasteiger partial charge in [0.1, 0.15) is 33.8 Å². The third-order valence-electron chi connectivity index (χ3n) is 7.21. The molecule has 1 N–H and O–H groups in total. The highest BCUT2D eigenvalue weighted by Crippen LogP contribution is 2.61. The Bertz CT molecular complexity index is 1520. The SMILES string of the molecule is Cc1nc(OCCCS(C)(=O)=O)ccc1-c1ccc(F)c(COc2ccc3c(c2)C[C@H]2[C@H](C(=O)O)[C@@H]32)c1F. The van der Waals surface area contributed by atoms with Crippen LogP contribution in [0.5, 0.6) is 11.6 Å². The first-order valence-corrected chi connectivity index (χ1v) is 14.3. The Balaban J connectivity index is 1.27. The van der Waals surface area contributed by atoms with Gasteiger partial charge in [-0.3, -0.25) is 4.79 Å². The molecule has 2 aliphatic carbocycles. The average molecular weight is 544 g/mol. The molecule has 2 aromatic carbocycles. The van der Waals surface area contributed by atoms with E-state index < -0.39 is 27.4 Å². The number of fused-ring (bicyclic) bond motifs is 3. The summed E-state index contributed by atoms with van der Waals surface area (Å²) in [5.74, 6) is -1.64. The second-order valence-corrected chi connectivity index (χ2v) is 12.2. The molecule has 200 valence electrons. The lowest BCUT2D eigenvalue weighted by Gasteiger charge is -2.14. The Kier molecular flexibility index (Phi) is 6.85. The molecule has 1 heterocycles. The van der Waals surface area contributed by atoms with Crippen molar-refractivity contribution in [3.8, 4) is 22.8 Å². The lowest BCUT2D eigenvalue weighted by atomic mass is 10.0. The largest absolute Gasteiger partial charge is 0.489 e. The van der Waals surface area contributed by atoms with Gasteiger partial charge in [-0.25, -0.2) is 22.2 Å². The van der Waals surface area contributed by atoms with Gasteiger partial charge in [-0.1, -0.05) is 6.07 Å². The summed E-state index contributed by atoms with van der Waals surface area (Å²) in [6.45, 7) is 1.54. The van der Waals surface area contributed by atoms with Gasteiger partial charge in [0.2, 0.25) is 5.88 Å². The van der Waals surface area contributed by atoms with Crippen LogP contribution in [0.4, 0.5) is 8.78 Å². The summed E-state index contributed by atoms with van der Waals surface area (Å²) in [4.78, 5) is 15.6. The number of benzene rings is 2. The molecular formula is C28H27F2NO6S. The first-order chi connectivity index (χ1) is 18.0. The van der Waals surface area contributed by atoms with Crippen molar-refractivity contribution in [2.75, 3.05) is 18.6 Å². The van der Waals surface area contributed by atoms with Crippen molar-refractivity contribution < 1.29 is 36.6 Å². The fourth-order valence-electron chi connectivity index (χ4n) is 5.31. The van der Waals surface area contributed by atoms with E-state index >= 15 is 4.39 Å². The Labute approximate surface area is 219 Å². The van der Waals surface area contributed by atoms with E-state index in [4.69, 9.17) is 9.47 Å². The minimum absolute atomic E-state index is 0.00733. The van der Waals surface area contributed by atoms with Crippen LogP contribution in [0.3, 0.4) is 0 Å². The molecule has 2 aliphatic rings. The number of nitrogens with zero attached hydrogens (tertiary/aromatic N) is 1. The van der Waals surface area contributed by atoms with Crippen molar-refractivity contribution in [2.24, 2.45) is 11.8 Å². The van der Waals surface area contributed by atoms with E-state index in [1.807, 2.05) is 12.1 Å². The summed E-state index contributed by atoms with van der Waals surface area (Å²) in [6.07, 6.45) is 2.15. The summed E-state index contributed by atoms with van der Waals surface area (Å²) in [7, 11) is -3.08. The smallest absolute Gasteiger partial charge is 0.307 e. The highest BCUT2D eigenvalue weighted by molar-refractivity contribution is 7.90. The van der Waals surface area contributed by atoms with Gasteiger partial charge in [0, 0.05) is 35.1 Å². The Morgan fingerprint density at radius 3 is 2.58 bits per heavy atom. The van der Waals surface area contributed by atoms with E-state index in [0.717, 1.165) is 17.4 Å². The fraction of sp³-hybridized carbons (Fsp3) is 0.357. The molecular weight excluding hydrogens is 516 g/mol. The summed E-state index contributed by atoms with van der Waals surface area (Å²) in [6, 6.07) is 11.1. The number of hydrogen-bond donors (Lipinski definition) is 1. The molecule has 38 heavy (non-hydrogen) atoms. The molecule has 0 bridgehead atoms. The molecule has 10 heteroatoms. The Morgan fingerprint density at radius 2 is 1.87 bits per heavy atom. The molecule has 0 aliphatic heterocycles. The molecule has 3 atom stereocenters. The fourth-order valence-corrected chi connectivity index (χ4v) is 5.95. The average Bonchev–Trinajstić information content (AvgIpc) is 3.44. The third kappa shape index (κ3) is 5.22. The van der Waals surface area contributed by atoms with E-state index in [1.54, 1.807) is 25.1 Å². The minimum Gasteiger partial charge on any atom is -0.489 e. The maximum Gasteiger partial charge on any atom is 0.307 e. The van der Waals surface area contributed by atoms with Crippen molar-refractivity contribution in [3.63, 3.8) is 0 Å². The predicted molar refractivity (Wildman–Crippen MR) is 136 cm³/mol. The molecule has 0 unspecified atom stereocenters. The first kappa shape index (κ1) is 26.1. The highest BCUT2D eigenvalue weighted by Gasteiger charge is 2.59. The standard InChI is InChI=1S/C28H27F2NO6S/c1-15-18(7-9-24(31-15)36-10-3-11-38(2,34)35)20-6-8-23(29)22(27(20)30)14-37-17-4-5-19-16(12-17)13-21-25(19)26(21)28(32)33/h4-9,12,21,25-26H,3,10-11,13-14H2,1-2H3,(H,32,33)/t21-,25+,26+/m1/s1. The van der Waals surface area contributed by atoms with Crippen molar-refractivity contribution in [1.82, 2.24) is 4.98 Å². The maximum atomic E-state index is 15.5. The number of aliphatic carboxylic acids is 1. The van der Waals surface area contributed by atoms with Crippen molar-refractivity contribution in [2.45, 2.75) is 32.3 Å². The zero-order valence-corrected chi connectivity index (χ0v) is 21.7. The van der Waals surface area contributed by atoms with Gasteiger partial charge in [0.15, 0.2) is 0 Å². The molecule has 1 saturated carbocycles. The molecule has 0 saturated heterocycles. The van der Waals surface area contributed by atoms with Gasteiger partial charge in [-0.15, -0.1) is 0 Å². The van der Waals surface area contributed by atoms with E-state index in [9.17, 15) is 22.7 Å². The van der Waals surface area contributed by atoms with Crippen molar-refractivity contribution in [1.29, 1.82) is 0 Å². The molecule has 1 aromatic heterocycles. The van der Waals surface area contributed by atoms with Crippen LogP contribution in [0.2, 0.25) is 0 Å². The van der Waals surface area contributed by atoms with Gasteiger partial charge in [-0.05, 0) is 67.1 Å². The number of hydrogen-bond acceptors (Lipinski definition) is 6. The maximum absolute atomic E-state index is 15.5. The number of halogens is 2. The van der Waals surface area contributed by atoms with Gasteiger partial charge in [-0.2, -0.15) is 0 Å². The summed E-state index contributed by atoms with van der Waals surface area (Å²) >= 11 is 0. The number of carbonyl (C=O) groups is 1. The monoisotopic (exact) mass is 543 g/mol. The van der Waals surface area contributed by atoms with Crippen molar-refractivity contribution in [3.05, 3.63) is 76.5 Å². The number of rotatable bonds is 10. The topological polar surface area (TPSA) is 103 Å². The number of ether oxygens (including phenoxy) is 2. The van der Waals surface area contributed by atoms with Gasteiger partial charge >= 0.3 is 5.97 Å². The summed E-state index contributed by atoms with van der Waals surface area (Å²) < 4.78 is 63.8. The van der Waals surface area contributed by atoms with Crippen LogP contribution >= 0.6 is 0 Å². The van der Waals surface area contributed by atoms with Crippen LogP contribution in [-0.2, 0) is 27.7 Å². The van der Waals surface area contributed by atoms with E-state index in [1.165, 1.54) is 12.1 Å². The zero-order valence-electron chi connectivity index (χ0n) is 20.9. The summed E-state index contributed by atoms with van der Waals surface area (Å²) in [5.41, 5.74) is 2.94. The number of sulfone groups is 1. The number of aromatic nitrogens is 1. The van der Waals surface area contributed by atoms with Crippen LogP contribution in [0.25, 0.3) is 11.1 Å². The minimum atomic E-state index is -3.08. The van der Waals surface area contributed by atoms with E-state index in [0.29, 0.717) is 29.8 Å². The van der Waals surface area contributed by atoms with Crippen LogP contribution in [-0.4, -0.2) is 43.1 Å². The number of aryl methyl sites for hydroxylation is 1. The number of carboxylic acids is 1. The second kappa shape index (κ2) is 9.98. The van der Waals surface area contributed by atoms with Crippen LogP contribution in [0.1, 0.15) is 34.7 Å². The van der Waals surface area contributed by atoms with Gasteiger partial charge in [0.05, 0.1) is 23.8 Å². The van der Waals surface area contributed by atoms with E-state index in [2.05, 4.69) is 4.98 Å². The number of pyridine rings is 1. The van der Waals surface area contributed by atoms with Crippen molar-refractivity contribution >= 4 is 15.8 Å². The second-order valence-electron chi connectivity index (χ2n) is 9.91. The van der Waals surface area contributed by atoms with Crippen LogP contribution < -0.4 is 9.47 Å². The lowest BCUT2D eigenvalue weighted by molar-refractivity contribution is -0.139. The summed E-state index contributed by atoms with van der Waals surface area (Å²) in [5, 5.41) is 9.28. The molecule has 0 radical (unpaired) electrons. The lowest BCUT2D eigenvalue weighted by Crippen LogP contribution is -2.09. The Morgan fingerprint density at radius 1 is 1.11 bits per heavy atom. The molecule has 7 nitrogen and oxygen atoms in total. The van der Waals surface area contributed by atoms with Crippen LogP contribution in [0.15, 0.2) is 42.5 Å². The van der Waals surface area contributed by atoms with Crippen LogP contribution in [0, 0.1) is 30.4 Å². The third-order valence-corrected chi connectivity index (χ3v) is 8.24. The van der Waals surface area contributed by atoms with E-state index in [-0.39, 0.29) is 53.7 Å². The first-order valence-electron chi connectivity index (χ1n) is 12.3.